The molecular weight excluding hydrogens is 226 g/mol. The summed E-state index contributed by atoms with van der Waals surface area (Å²) >= 11 is 0. The van der Waals surface area contributed by atoms with Crippen molar-refractivity contribution in [2.75, 3.05) is 6.61 Å². The fourth-order valence-corrected chi connectivity index (χ4v) is 2.05. The molecule has 0 unspecified atom stereocenters. The van der Waals surface area contributed by atoms with Crippen LogP contribution < -0.4 is 4.74 Å². The molecule has 1 rings (SSSR count). The highest BCUT2D eigenvalue weighted by Crippen LogP contribution is 2.19. The molecule has 0 aromatic heterocycles. The third-order valence-corrected chi connectivity index (χ3v) is 3.17. The van der Waals surface area contributed by atoms with Crippen molar-refractivity contribution in [3.8, 4) is 11.8 Å². The Labute approximate surface area is 94.7 Å². The maximum Gasteiger partial charge on any atom is 0.200 e. The quantitative estimate of drug-likeness (QED) is 0.750. The van der Waals surface area contributed by atoms with E-state index in [2.05, 4.69) is 0 Å². The zero-order valence-corrected chi connectivity index (χ0v) is 9.57. The van der Waals surface area contributed by atoms with E-state index >= 15 is 0 Å². The van der Waals surface area contributed by atoms with Crippen LogP contribution in [0, 0.1) is 11.3 Å². The van der Waals surface area contributed by atoms with Gasteiger partial charge in [0.25, 0.3) is 0 Å². The summed E-state index contributed by atoms with van der Waals surface area (Å²) in [5.41, 5.74) is 0. The number of hydrogen-bond donors (Lipinski definition) is 0. The van der Waals surface area contributed by atoms with Crippen molar-refractivity contribution in [1.29, 1.82) is 5.26 Å². The van der Waals surface area contributed by atoms with E-state index in [-0.39, 0.29) is 4.90 Å². The first-order valence-corrected chi connectivity index (χ1v) is 6.19. The van der Waals surface area contributed by atoms with Crippen LogP contribution in [0.5, 0.6) is 5.75 Å². The Morgan fingerprint density at radius 2 is 2.25 bits per heavy atom. The molecule has 0 saturated heterocycles. The van der Waals surface area contributed by atoms with Gasteiger partial charge in [-0.2, -0.15) is 5.26 Å². The first-order valence-electron chi connectivity index (χ1n) is 4.64. The van der Waals surface area contributed by atoms with E-state index in [9.17, 15) is 8.42 Å². The van der Waals surface area contributed by atoms with Crippen molar-refractivity contribution in [2.45, 2.75) is 11.8 Å². The van der Waals surface area contributed by atoms with Crippen LogP contribution in [-0.2, 0) is 9.84 Å². The van der Waals surface area contributed by atoms with Gasteiger partial charge in [0.1, 0.15) is 5.75 Å². The summed E-state index contributed by atoms with van der Waals surface area (Å²) in [6, 6.07) is 7.80. The molecule has 4 nitrogen and oxygen atoms in total. The number of rotatable bonds is 4. The predicted molar refractivity (Wildman–Crippen MR) is 59.5 cm³/mol. The molecule has 0 amide bonds. The standard InChI is InChI=1S/C11H11NO3S/c1-2-15-10-5-3-6-11(9-10)16(13,14)8-4-7-12/h3-6,8-9H,2H2,1H3. The van der Waals surface area contributed by atoms with Gasteiger partial charge in [-0.3, -0.25) is 0 Å². The lowest BCUT2D eigenvalue weighted by atomic mass is 10.3. The maximum absolute atomic E-state index is 11.7. The molecule has 84 valence electrons. The Hall–Kier alpha value is -1.80. The van der Waals surface area contributed by atoms with Crippen LogP contribution in [0.1, 0.15) is 6.92 Å². The molecule has 0 aliphatic heterocycles. The number of sulfone groups is 1. The van der Waals surface area contributed by atoms with Gasteiger partial charge in [0.05, 0.1) is 17.6 Å². The Morgan fingerprint density at radius 3 is 2.88 bits per heavy atom. The zero-order valence-electron chi connectivity index (χ0n) is 8.75. The van der Waals surface area contributed by atoms with Gasteiger partial charge in [-0.05, 0) is 25.1 Å². The van der Waals surface area contributed by atoms with Gasteiger partial charge in [-0.15, -0.1) is 0 Å². The second-order valence-electron chi connectivity index (χ2n) is 2.88. The molecule has 0 N–H and O–H groups in total. The fraction of sp³-hybridized carbons (Fsp3) is 0.182. The summed E-state index contributed by atoms with van der Waals surface area (Å²) in [5.74, 6) is 0.494. The van der Waals surface area contributed by atoms with Crippen LogP contribution in [0.25, 0.3) is 0 Å². The third kappa shape index (κ3) is 3.11. The molecule has 0 saturated carbocycles. The first kappa shape index (κ1) is 12.3. The Balaban J connectivity index is 3.10. The number of nitrogens with zero attached hydrogens (tertiary/aromatic N) is 1. The summed E-state index contributed by atoms with van der Waals surface area (Å²) in [4.78, 5) is 0.116. The van der Waals surface area contributed by atoms with Crippen molar-refractivity contribution in [3.05, 3.63) is 35.7 Å². The van der Waals surface area contributed by atoms with E-state index in [1.807, 2.05) is 6.92 Å². The average molecular weight is 237 g/mol. The average Bonchev–Trinajstić information content (AvgIpc) is 2.27. The Morgan fingerprint density at radius 1 is 1.50 bits per heavy atom. The Bertz CT molecular complexity index is 526. The maximum atomic E-state index is 11.7. The molecule has 1 aromatic rings. The molecule has 0 bridgehead atoms. The highest BCUT2D eigenvalue weighted by molar-refractivity contribution is 7.94. The van der Waals surface area contributed by atoms with Crippen molar-refractivity contribution < 1.29 is 13.2 Å². The van der Waals surface area contributed by atoms with Gasteiger partial charge in [-0.25, -0.2) is 8.42 Å². The van der Waals surface area contributed by atoms with E-state index in [0.29, 0.717) is 12.4 Å². The van der Waals surface area contributed by atoms with E-state index in [1.165, 1.54) is 12.1 Å². The minimum Gasteiger partial charge on any atom is -0.494 e. The van der Waals surface area contributed by atoms with Gasteiger partial charge >= 0.3 is 0 Å². The normalized spacial score (nSPS) is 11.2. The fourth-order valence-electron chi connectivity index (χ4n) is 1.11. The van der Waals surface area contributed by atoms with Gasteiger partial charge in [0, 0.05) is 11.5 Å². The summed E-state index contributed by atoms with van der Waals surface area (Å²) < 4.78 is 28.5. The smallest absolute Gasteiger partial charge is 0.200 e. The lowest BCUT2D eigenvalue weighted by Crippen LogP contribution is -1.98. The molecule has 0 spiro atoms. The topological polar surface area (TPSA) is 67.2 Å². The van der Waals surface area contributed by atoms with Gasteiger partial charge < -0.3 is 4.74 Å². The molecule has 0 aliphatic rings. The second kappa shape index (κ2) is 5.33. The van der Waals surface area contributed by atoms with E-state index in [1.54, 1.807) is 18.2 Å². The van der Waals surface area contributed by atoms with Crippen LogP contribution in [0.4, 0.5) is 0 Å². The largest absolute Gasteiger partial charge is 0.494 e. The molecule has 5 heteroatoms. The van der Waals surface area contributed by atoms with Crippen molar-refractivity contribution in [1.82, 2.24) is 0 Å². The number of hydrogen-bond acceptors (Lipinski definition) is 4. The summed E-state index contributed by atoms with van der Waals surface area (Å²) in [6.07, 6.45) is 0.933. The van der Waals surface area contributed by atoms with Gasteiger partial charge in [0.15, 0.2) is 0 Å². The molecule has 1 aromatic carbocycles. The zero-order chi connectivity index (χ0) is 12.0. The number of ether oxygens (including phenoxy) is 1. The van der Waals surface area contributed by atoms with Crippen LogP contribution in [0.15, 0.2) is 40.6 Å². The lowest BCUT2D eigenvalue weighted by molar-refractivity contribution is 0.339. The van der Waals surface area contributed by atoms with Crippen molar-refractivity contribution in [3.63, 3.8) is 0 Å². The number of allylic oxidation sites excluding steroid dienone is 1. The van der Waals surface area contributed by atoms with Crippen molar-refractivity contribution >= 4 is 9.84 Å². The molecular formula is C11H11NO3S. The van der Waals surface area contributed by atoms with Crippen molar-refractivity contribution in [2.24, 2.45) is 0 Å². The third-order valence-electron chi connectivity index (χ3n) is 1.77. The van der Waals surface area contributed by atoms with E-state index in [0.717, 1.165) is 11.5 Å². The number of nitriles is 1. The summed E-state index contributed by atoms with van der Waals surface area (Å²) in [7, 11) is -3.55. The predicted octanol–water partition coefficient (Wildman–Crippen LogP) is 1.90. The van der Waals surface area contributed by atoms with Crippen LogP contribution in [-0.4, -0.2) is 15.0 Å². The number of benzene rings is 1. The second-order valence-corrected chi connectivity index (χ2v) is 4.72. The highest BCUT2D eigenvalue weighted by atomic mass is 32.2. The van der Waals surface area contributed by atoms with E-state index < -0.39 is 9.84 Å². The summed E-state index contributed by atoms with van der Waals surface area (Å²) in [6.45, 7) is 2.29. The van der Waals surface area contributed by atoms with Crippen LogP contribution >= 0.6 is 0 Å². The Kier molecular flexibility index (Phi) is 4.09. The van der Waals surface area contributed by atoms with Crippen LogP contribution in [0.2, 0.25) is 0 Å². The van der Waals surface area contributed by atoms with Gasteiger partial charge in [-0.1, -0.05) is 6.07 Å². The van der Waals surface area contributed by atoms with Crippen LogP contribution in [0.3, 0.4) is 0 Å². The minimum absolute atomic E-state index is 0.116. The molecule has 0 atom stereocenters. The molecule has 0 fully saturated rings. The monoisotopic (exact) mass is 237 g/mol. The highest BCUT2D eigenvalue weighted by Gasteiger charge is 2.10. The molecule has 16 heavy (non-hydrogen) atoms. The lowest BCUT2D eigenvalue weighted by Gasteiger charge is -2.04. The molecule has 0 radical (unpaired) electrons. The summed E-state index contributed by atoms with van der Waals surface area (Å²) in [5, 5.41) is 9.16. The molecule has 0 heterocycles. The van der Waals surface area contributed by atoms with E-state index in [4.69, 9.17) is 10.00 Å². The van der Waals surface area contributed by atoms with Gasteiger partial charge in [0.2, 0.25) is 9.84 Å². The minimum atomic E-state index is -3.55. The molecule has 0 aliphatic carbocycles. The SMILES string of the molecule is CCOc1cccc(S(=O)(=O)C=CC#N)c1. The first-order chi connectivity index (χ1) is 7.60.